The second-order valence-electron chi connectivity index (χ2n) is 7.32. The van der Waals surface area contributed by atoms with Gasteiger partial charge in [0, 0.05) is 11.9 Å². The van der Waals surface area contributed by atoms with Gasteiger partial charge in [-0.1, -0.05) is 32.0 Å². The van der Waals surface area contributed by atoms with Gasteiger partial charge in [0.05, 0.1) is 23.7 Å². The van der Waals surface area contributed by atoms with E-state index in [1.54, 1.807) is 11.8 Å². The second-order valence-corrected chi connectivity index (χ2v) is 8.73. The molecule has 1 aromatic heterocycles. The molecule has 0 unspecified atom stereocenters. The number of hydrogen-bond acceptors (Lipinski definition) is 4. The van der Waals surface area contributed by atoms with Crippen molar-refractivity contribution in [2.24, 2.45) is 7.05 Å². The van der Waals surface area contributed by atoms with Crippen LogP contribution in [0.3, 0.4) is 0 Å². The Bertz CT molecular complexity index is 1070. The van der Waals surface area contributed by atoms with Crippen molar-refractivity contribution in [3.05, 3.63) is 70.6 Å². The number of nitrogens with zero attached hydrogens (tertiary/aromatic N) is 2. The number of carbonyl (C=O) groups is 1. The first-order valence-electron chi connectivity index (χ1n) is 9.82. The smallest absolute Gasteiger partial charge is 0.295 e. The van der Waals surface area contributed by atoms with Gasteiger partial charge in [0.2, 0.25) is 5.91 Å². The first-order chi connectivity index (χ1) is 14.3. The van der Waals surface area contributed by atoms with E-state index in [2.05, 4.69) is 5.32 Å². The first kappa shape index (κ1) is 21.8. The molecule has 0 aliphatic carbocycles. The monoisotopic (exact) mass is 425 g/mol. The minimum Gasteiger partial charge on any atom is -0.497 e. The van der Waals surface area contributed by atoms with Crippen LogP contribution in [-0.2, 0) is 11.8 Å². The molecule has 0 aliphatic rings. The van der Waals surface area contributed by atoms with Crippen molar-refractivity contribution in [2.45, 2.75) is 36.8 Å². The Balaban J connectivity index is 1.87. The molecule has 7 heteroatoms. The molecule has 158 valence electrons. The standard InChI is InChI=1S/C23H27N3O3S/c1-15(2)21-20(23(28)26(25(21)4)17-9-7-6-8-10-17)24-22(27)16(3)30-19-13-11-18(29-5)12-14-19/h6-16H,1-5H3,(H,24,27)/t16-/m0/s1. The highest BCUT2D eigenvalue weighted by Crippen LogP contribution is 2.28. The van der Waals surface area contributed by atoms with Crippen molar-refractivity contribution in [3.8, 4) is 11.4 Å². The molecule has 6 nitrogen and oxygen atoms in total. The summed E-state index contributed by atoms with van der Waals surface area (Å²) in [5.74, 6) is 0.622. The number of aromatic nitrogens is 2. The van der Waals surface area contributed by atoms with E-state index in [1.165, 1.54) is 11.8 Å². The van der Waals surface area contributed by atoms with Crippen molar-refractivity contribution < 1.29 is 9.53 Å². The van der Waals surface area contributed by atoms with Gasteiger partial charge in [-0.2, -0.15) is 0 Å². The number of methoxy groups -OCH3 is 1. The van der Waals surface area contributed by atoms with Gasteiger partial charge in [0.25, 0.3) is 5.56 Å². The summed E-state index contributed by atoms with van der Waals surface area (Å²) >= 11 is 1.43. The molecule has 0 bridgehead atoms. The molecule has 1 N–H and O–H groups in total. The number of nitrogens with one attached hydrogen (secondary N) is 1. The minimum absolute atomic E-state index is 0.0625. The lowest BCUT2D eigenvalue weighted by Gasteiger charge is -2.14. The highest BCUT2D eigenvalue weighted by atomic mass is 32.2. The Morgan fingerprint density at radius 2 is 1.67 bits per heavy atom. The summed E-state index contributed by atoms with van der Waals surface area (Å²) in [4.78, 5) is 27.1. The zero-order chi connectivity index (χ0) is 21.8. The van der Waals surface area contributed by atoms with Crippen LogP contribution < -0.4 is 15.6 Å². The van der Waals surface area contributed by atoms with E-state index >= 15 is 0 Å². The largest absolute Gasteiger partial charge is 0.497 e. The third-order valence-corrected chi connectivity index (χ3v) is 5.96. The summed E-state index contributed by atoms with van der Waals surface area (Å²) in [5, 5.41) is 2.52. The second kappa shape index (κ2) is 9.26. The molecular weight excluding hydrogens is 398 g/mol. The van der Waals surface area contributed by atoms with Gasteiger partial charge >= 0.3 is 0 Å². The molecule has 1 atom stereocenters. The number of para-hydroxylation sites is 1. The topological polar surface area (TPSA) is 65.3 Å². The maximum Gasteiger partial charge on any atom is 0.295 e. The predicted octanol–water partition coefficient (Wildman–Crippen LogP) is 4.43. The van der Waals surface area contributed by atoms with Crippen molar-refractivity contribution in [2.75, 3.05) is 12.4 Å². The first-order valence-corrected chi connectivity index (χ1v) is 10.7. The Labute approximate surface area is 180 Å². The van der Waals surface area contributed by atoms with Gasteiger partial charge in [-0.25, -0.2) is 4.68 Å². The summed E-state index contributed by atoms with van der Waals surface area (Å²) in [6.45, 7) is 5.85. The summed E-state index contributed by atoms with van der Waals surface area (Å²) in [7, 11) is 3.46. The average molecular weight is 426 g/mol. The predicted molar refractivity (Wildman–Crippen MR) is 122 cm³/mol. The Hall–Kier alpha value is -2.93. The van der Waals surface area contributed by atoms with Crippen molar-refractivity contribution >= 4 is 23.4 Å². The fourth-order valence-electron chi connectivity index (χ4n) is 3.40. The Kier molecular flexibility index (Phi) is 6.72. The van der Waals surface area contributed by atoms with Gasteiger partial charge in [-0.3, -0.25) is 14.3 Å². The molecule has 2 aromatic carbocycles. The van der Waals surface area contributed by atoms with E-state index in [4.69, 9.17) is 4.74 Å². The quantitative estimate of drug-likeness (QED) is 0.569. The molecule has 0 fully saturated rings. The molecule has 30 heavy (non-hydrogen) atoms. The highest BCUT2D eigenvalue weighted by molar-refractivity contribution is 8.00. The lowest BCUT2D eigenvalue weighted by molar-refractivity contribution is -0.115. The SMILES string of the molecule is COc1ccc(S[C@@H](C)C(=O)Nc2c(C(C)C)n(C)n(-c3ccccc3)c2=O)cc1. The third-order valence-electron chi connectivity index (χ3n) is 4.85. The van der Waals surface area contributed by atoms with E-state index in [1.807, 2.05) is 87.1 Å². The third kappa shape index (κ3) is 4.46. The normalized spacial score (nSPS) is 12.1. The molecule has 3 aromatic rings. The number of thioether (sulfide) groups is 1. The van der Waals surface area contributed by atoms with Crippen LogP contribution in [0.5, 0.6) is 5.75 Å². The number of hydrogen-bond donors (Lipinski definition) is 1. The van der Waals surface area contributed by atoms with Gasteiger partial charge < -0.3 is 10.1 Å². The van der Waals surface area contributed by atoms with Crippen molar-refractivity contribution in [1.29, 1.82) is 0 Å². The van der Waals surface area contributed by atoms with E-state index in [0.717, 1.165) is 22.0 Å². The minimum atomic E-state index is -0.372. The van der Waals surface area contributed by atoms with Crippen molar-refractivity contribution in [3.63, 3.8) is 0 Å². The van der Waals surface area contributed by atoms with Gasteiger partial charge in [0.15, 0.2) is 0 Å². The lowest BCUT2D eigenvalue weighted by Crippen LogP contribution is -2.27. The van der Waals surface area contributed by atoms with Gasteiger partial charge in [-0.15, -0.1) is 11.8 Å². The van der Waals surface area contributed by atoms with Crippen LogP contribution in [0.1, 0.15) is 32.4 Å². The van der Waals surface area contributed by atoms with Crippen LogP contribution in [0.15, 0.2) is 64.3 Å². The summed E-state index contributed by atoms with van der Waals surface area (Å²) in [5.41, 5.74) is 1.65. The lowest BCUT2D eigenvalue weighted by atomic mass is 10.1. The number of benzene rings is 2. The van der Waals surface area contributed by atoms with Crippen LogP contribution >= 0.6 is 11.8 Å². The zero-order valence-corrected chi connectivity index (χ0v) is 18.7. The molecule has 0 spiro atoms. The zero-order valence-electron chi connectivity index (χ0n) is 17.9. The van der Waals surface area contributed by atoms with E-state index < -0.39 is 0 Å². The molecule has 0 aliphatic heterocycles. The summed E-state index contributed by atoms with van der Waals surface area (Å²) in [6.07, 6.45) is 0. The maximum absolute atomic E-state index is 13.2. The number of amides is 1. The fraction of sp³-hybridized carbons (Fsp3) is 0.304. The van der Waals surface area contributed by atoms with Crippen LogP contribution in [0.4, 0.5) is 5.69 Å². The maximum atomic E-state index is 13.2. The molecule has 0 saturated heterocycles. The number of ether oxygens (including phenoxy) is 1. The van der Waals surface area contributed by atoms with Crippen molar-refractivity contribution in [1.82, 2.24) is 9.36 Å². The van der Waals surface area contributed by atoms with Crippen LogP contribution in [0.2, 0.25) is 0 Å². The van der Waals surface area contributed by atoms with Crippen LogP contribution in [-0.4, -0.2) is 27.6 Å². The van der Waals surface area contributed by atoms with Gasteiger partial charge in [0.1, 0.15) is 11.4 Å². The molecule has 0 radical (unpaired) electrons. The molecule has 0 saturated carbocycles. The van der Waals surface area contributed by atoms with E-state index in [9.17, 15) is 9.59 Å². The number of carbonyl (C=O) groups excluding carboxylic acids is 1. The van der Waals surface area contributed by atoms with E-state index in [0.29, 0.717) is 5.69 Å². The van der Waals surface area contributed by atoms with Crippen LogP contribution in [0, 0.1) is 0 Å². The number of anilines is 1. The molecule has 1 amide bonds. The van der Waals surface area contributed by atoms with E-state index in [-0.39, 0.29) is 22.6 Å². The summed E-state index contributed by atoms with van der Waals surface area (Å²) in [6, 6.07) is 17.0. The summed E-state index contributed by atoms with van der Waals surface area (Å²) < 4.78 is 8.58. The van der Waals surface area contributed by atoms with Gasteiger partial charge in [-0.05, 0) is 49.2 Å². The molecule has 3 rings (SSSR count). The molecule has 1 heterocycles. The average Bonchev–Trinajstić information content (AvgIpc) is 2.98. The highest BCUT2D eigenvalue weighted by Gasteiger charge is 2.25. The Morgan fingerprint density at radius 3 is 2.23 bits per heavy atom. The number of rotatable bonds is 7. The molecular formula is C23H27N3O3S. The fourth-order valence-corrected chi connectivity index (χ4v) is 4.26. The van der Waals surface area contributed by atoms with Crippen LogP contribution in [0.25, 0.3) is 5.69 Å². The Morgan fingerprint density at radius 1 is 1.03 bits per heavy atom.